The Labute approximate surface area is 398 Å². The van der Waals surface area contributed by atoms with Gasteiger partial charge in [0.1, 0.15) is 27.2 Å². The van der Waals surface area contributed by atoms with E-state index in [1.54, 1.807) is 71.8 Å². The molecule has 3 aromatic carbocycles. The quantitative estimate of drug-likeness (QED) is 0.142. The van der Waals surface area contributed by atoms with Crippen LogP contribution in [0.25, 0.3) is 10.9 Å². The number of methoxy groups -OCH3 is 1. The number of piperazine rings is 1. The van der Waals surface area contributed by atoms with Crippen LogP contribution in [0.2, 0.25) is 0 Å². The molecule has 364 valence electrons. The van der Waals surface area contributed by atoms with Crippen LogP contribution < -0.4 is 24.4 Å². The minimum absolute atomic E-state index is 0.0500. The lowest BCUT2D eigenvalue weighted by molar-refractivity contribution is -0.137. The summed E-state index contributed by atoms with van der Waals surface area (Å²) in [5.41, 5.74) is 1.77. The maximum absolute atomic E-state index is 16.1. The van der Waals surface area contributed by atoms with Gasteiger partial charge in [-0.1, -0.05) is 18.2 Å². The summed E-state index contributed by atoms with van der Waals surface area (Å²) in [6.45, 7) is 5.33. The fourth-order valence-electron chi connectivity index (χ4n) is 10.1. The number of aromatic nitrogens is 3. The predicted molar refractivity (Wildman–Crippen MR) is 251 cm³/mol. The van der Waals surface area contributed by atoms with Crippen LogP contribution in [0.15, 0.2) is 72.9 Å². The largest absolute Gasteiger partial charge is 0.493 e. The molecule has 4 aliphatic heterocycles. The van der Waals surface area contributed by atoms with Gasteiger partial charge in [0, 0.05) is 76.6 Å². The third-order valence-corrected chi connectivity index (χ3v) is 14.6. The van der Waals surface area contributed by atoms with Gasteiger partial charge in [-0.3, -0.25) is 43.9 Å². The lowest BCUT2D eigenvalue weighted by atomic mass is 9.77. The molecular weight excluding hydrogens is 915 g/mol. The van der Waals surface area contributed by atoms with E-state index in [0.717, 1.165) is 27.6 Å². The van der Waals surface area contributed by atoms with Gasteiger partial charge < -0.3 is 19.1 Å². The molecule has 3 fully saturated rings. The summed E-state index contributed by atoms with van der Waals surface area (Å²) in [6, 6.07) is 16.9. The molecule has 3 saturated heterocycles. The number of fused-ring (bicyclic) bond motifs is 2. The second-order valence-corrected chi connectivity index (χ2v) is 20.6. The molecule has 69 heavy (non-hydrogen) atoms. The summed E-state index contributed by atoms with van der Waals surface area (Å²) in [4.78, 5) is 63.9. The van der Waals surface area contributed by atoms with Crippen LogP contribution in [-0.2, 0) is 38.4 Å². The Morgan fingerprint density at radius 1 is 0.913 bits per heavy atom. The smallest absolute Gasteiger partial charge is 0.275 e. The van der Waals surface area contributed by atoms with Crippen molar-refractivity contribution >= 4 is 50.2 Å². The summed E-state index contributed by atoms with van der Waals surface area (Å²) >= 11 is 0. The number of likely N-dealkylation sites (tertiary alicyclic amines) is 1. The molecule has 0 saturated carbocycles. The Morgan fingerprint density at radius 3 is 2.33 bits per heavy atom. The second kappa shape index (κ2) is 18.4. The molecule has 4 amide bonds. The molecule has 9 rings (SSSR count). The molecule has 4 aliphatic rings. The molecule has 0 aliphatic carbocycles. The van der Waals surface area contributed by atoms with Crippen molar-refractivity contribution in [2.75, 3.05) is 69.9 Å². The number of aryl methyl sites for hydroxylation is 1. The minimum atomic E-state index is -3.72. The van der Waals surface area contributed by atoms with E-state index in [1.165, 1.54) is 19.4 Å². The summed E-state index contributed by atoms with van der Waals surface area (Å²) in [7, 11) is -0.460. The van der Waals surface area contributed by atoms with Crippen molar-refractivity contribution < 1.29 is 50.6 Å². The van der Waals surface area contributed by atoms with Gasteiger partial charge in [-0.15, -0.1) is 0 Å². The number of rotatable bonds is 14. The van der Waals surface area contributed by atoms with Gasteiger partial charge in [-0.05, 0) is 80.3 Å². The fourth-order valence-corrected chi connectivity index (χ4v) is 11.0. The molecule has 6 heterocycles. The average molecular weight is 969 g/mol. The van der Waals surface area contributed by atoms with Crippen molar-refractivity contribution in [1.82, 2.24) is 34.8 Å². The highest BCUT2D eigenvalue weighted by molar-refractivity contribution is 7.90. The van der Waals surface area contributed by atoms with Crippen LogP contribution in [0.5, 0.6) is 23.0 Å². The number of ether oxygens (including phenoxy) is 3. The van der Waals surface area contributed by atoms with Crippen LogP contribution >= 0.6 is 0 Å². The number of anilines is 1. The number of benzene rings is 3. The predicted octanol–water partition coefficient (Wildman–Crippen LogP) is 5.28. The number of alkyl halides is 2. The third kappa shape index (κ3) is 9.24. The summed E-state index contributed by atoms with van der Waals surface area (Å²) < 4.78 is 76.7. The van der Waals surface area contributed by atoms with Gasteiger partial charge >= 0.3 is 0 Å². The number of halogens is 2. The van der Waals surface area contributed by atoms with Crippen molar-refractivity contribution in [1.29, 1.82) is 0 Å². The SMILES string of the molecule is CCOc1cc([C@@H](CS(C)(=O)=O)N2C(=O)c3ccnc(N4CCN([C@H]5CCN(Cc6ccc(Oc7ccc8c([C@@]9(C)CCC(=O)NC9=O)nn(C)c8c7)cc6)CC5(F)F)CC4)c3C2=O)ccc1OC. The normalized spacial score (nSPS) is 21.6. The average Bonchev–Trinajstić information content (AvgIpc) is 3.78. The van der Waals surface area contributed by atoms with Crippen molar-refractivity contribution in [3.05, 3.63) is 101 Å². The summed E-state index contributed by atoms with van der Waals surface area (Å²) in [5, 5.41) is 7.88. The monoisotopic (exact) mass is 968 g/mol. The van der Waals surface area contributed by atoms with Gasteiger partial charge in [0.25, 0.3) is 17.7 Å². The Bertz CT molecular complexity index is 2960. The van der Waals surface area contributed by atoms with Crippen molar-refractivity contribution in [2.24, 2.45) is 7.05 Å². The van der Waals surface area contributed by atoms with Crippen LogP contribution in [0.3, 0.4) is 0 Å². The number of hydrogen-bond acceptors (Lipinski definition) is 14. The standard InChI is InChI=1S/C49H54F2N8O9S/c1-6-67-39-25-31(9-14-38(39)66-4)37(28-69(5,64)65)59-45(61)35-16-19-52-44(42(35)46(59)62)58-23-21-57(22-24-58)40-17-20-56(29-49(40,50)51)27-30-7-10-32(11-8-30)68-33-12-13-34-36(26-33)55(3)54-43(34)48(2)18-15-41(60)53-47(48)63/h7-14,16,19,25-26,37,40H,6,15,17-18,20-24,27-29H2,1-5H3,(H,53,60,63)/t37-,40+,48-/m1/s1. The Balaban J connectivity index is 0.818. The van der Waals surface area contributed by atoms with Gasteiger partial charge in [0.05, 0.1) is 65.9 Å². The zero-order valence-corrected chi connectivity index (χ0v) is 39.9. The lowest BCUT2D eigenvalue weighted by Gasteiger charge is -2.46. The number of pyridine rings is 1. The minimum Gasteiger partial charge on any atom is -0.493 e. The first-order chi connectivity index (χ1) is 32.9. The van der Waals surface area contributed by atoms with Gasteiger partial charge in [-0.25, -0.2) is 22.2 Å². The molecule has 2 aromatic heterocycles. The fraction of sp³-hybridized carbons (Fsp3) is 0.429. The van der Waals surface area contributed by atoms with Crippen molar-refractivity contribution in [3.63, 3.8) is 0 Å². The van der Waals surface area contributed by atoms with E-state index in [2.05, 4.69) is 15.4 Å². The lowest BCUT2D eigenvalue weighted by Crippen LogP contribution is -2.61. The number of imide groups is 2. The highest BCUT2D eigenvalue weighted by Gasteiger charge is 2.49. The molecule has 0 spiro atoms. The van der Waals surface area contributed by atoms with Gasteiger partial charge in [0.15, 0.2) is 11.5 Å². The Kier molecular flexibility index (Phi) is 12.7. The van der Waals surface area contributed by atoms with E-state index in [1.807, 2.05) is 29.2 Å². The number of nitrogens with one attached hydrogen (secondary N) is 1. The van der Waals surface area contributed by atoms with Crippen LogP contribution in [0.4, 0.5) is 14.6 Å². The van der Waals surface area contributed by atoms with Crippen molar-refractivity contribution in [3.8, 4) is 23.0 Å². The van der Waals surface area contributed by atoms with E-state index < -0.39 is 57.4 Å². The third-order valence-electron chi connectivity index (χ3n) is 13.7. The first-order valence-electron chi connectivity index (χ1n) is 22.9. The zero-order valence-electron chi connectivity index (χ0n) is 39.0. The van der Waals surface area contributed by atoms with E-state index >= 15 is 8.78 Å². The highest BCUT2D eigenvalue weighted by Crippen LogP contribution is 2.41. The topological polar surface area (TPSA) is 186 Å². The number of piperidine rings is 2. The maximum atomic E-state index is 16.1. The molecule has 1 N–H and O–H groups in total. The Morgan fingerprint density at radius 2 is 1.65 bits per heavy atom. The molecule has 0 unspecified atom stereocenters. The van der Waals surface area contributed by atoms with Gasteiger partial charge in [-0.2, -0.15) is 5.10 Å². The molecule has 0 bridgehead atoms. The maximum Gasteiger partial charge on any atom is 0.275 e. The first-order valence-corrected chi connectivity index (χ1v) is 25.0. The van der Waals surface area contributed by atoms with Crippen LogP contribution in [0.1, 0.15) is 76.7 Å². The molecule has 20 heteroatoms. The second-order valence-electron chi connectivity index (χ2n) is 18.4. The molecular formula is C49H54F2N8O9S. The summed E-state index contributed by atoms with van der Waals surface area (Å²) in [5.74, 6) is -3.46. The van der Waals surface area contributed by atoms with E-state index in [9.17, 15) is 27.6 Å². The van der Waals surface area contributed by atoms with E-state index in [0.29, 0.717) is 60.4 Å². The number of amides is 4. The number of sulfone groups is 1. The molecule has 17 nitrogen and oxygen atoms in total. The molecule has 3 atom stereocenters. The highest BCUT2D eigenvalue weighted by atomic mass is 32.2. The van der Waals surface area contributed by atoms with Gasteiger partial charge in [0.2, 0.25) is 11.8 Å². The van der Waals surface area contributed by atoms with Crippen LogP contribution in [0, 0.1) is 0 Å². The zero-order chi connectivity index (χ0) is 49.0. The molecule has 0 radical (unpaired) electrons. The van der Waals surface area contributed by atoms with Crippen LogP contribution in [-0.4, -0.2) is 138 Å². The van der Waals surface area contributed by atoms with Crippen molar-refractivity contribution in [2.45, 2.75) is 63.1 Å². The Hall–Kier alpha value is -6.51. The number of nitrogens with zero attached hydrogens (tertiary/aromatic N) is 7. The molecule has 5 aromatic rings. The van der Waals surface area contributed by atoms with E-state index in [4.69, 9.17) is 14.2 Å². The summed E-state index contributed by atoms with van der Waals surface area (Å²) in [6.07, 6.45) is 3.30. The number of carbonyl (C=O) groups excluding carboxylic acids is 4. The van der Waals surface area contributed by atoms with E-state index in [-0.39, 0.29) is 67.8 Å². The number of carbonyl (C=O) groups is 4. The first kappa shape index (κ1) is 47.6. The number of hydrogen-bond donors (Lipinski definition) is 1.